The van der Waals surface area contributed by atoms with Gasteiger partial charge in [-0.2, -0.15) is 18.3 Å². The number of aromatic nitrogens is 2. The van der Waals surface area contributed by atoms with Crippen molar-refractivity contribution in [3.05, 3.63) is 17.0 Å². The largest absolute Gasteiger partial charge is 0.481 e. The van der Waals surface area contributed by atoms with E-state index in [0.717, 1.165) is 0 Å². The lowest BCUT2D eigenvalue weighted by Gasteiger charge is -2.09. The molecule has 0 spiro atoms. The number of rotatable bonds is 4. The maximum atomic E-state index is 12.6. The normalized spacial score (nSPS) is 12.1. The molecule has 0 amide bonds. The van der Waals surface area contributed by atoms with Gasteiger partial charge in [0.2, 0.25) is 0 Å². The lowest BCUT2D eigenvalue weighted by atomic mass is 10.00. The Kier molecular flexibility index (Phi) is 3.79. The summed E-state index contributed by atoms with van der Waals surface area (Å²) in [6, 6.07) is 0. The molecule has 4 nitrogen and oxygen atoms in total. The molecular formula is C10H13F3N2O2. The van der Waals surface area contributed by atoms with Gasteiger partial charge in [0.25, 0.3) is 0 Å². The van der Waals surface area contributed by atoms with Crippen LogP contribution in [0.15, 0.2) is 0 Å². The fraction of sp³-hybridized carbons (Fsp3) is 0.600. The molecule has 0 fully saturated rings. The van der Waals surface area contributed by atoms with E-state index in [1.165, 1.54) is 0 Å². The van der Waals surface area contributed by atoms with E-state index in [2.05, 4.69) is 10.2 Å². The number of carbonyl (C=O) groups is 1. The zero-order valence-corrected chi connectivity index (χ0v) is 9.43. The van der Waals surface area contributed by atoms with Crippen molar-refractivity contribution in [1.82, 2.24) is 10.2 Å². The third-order valence-electron chi connectivity index (χ3n) is 2.33. The molecule has 96 valence electrons. The number of carboxylic acids is 1. The molecule has 0 unspecified atom stereocenters. The van der Waals surface area contributed by atoms with Crippen molar-refractivity contribution in [2.45, 2.75) is 38.8 Å². The molecular weight excluding hydrogens is 237 g/mol. The third-order valence-corrected chi connectivity index (χ3v) is 2.33. The van der Waals surface area contributed by atoms with Crippen LogP contribution in [0.5, 0.6) is 0 Å². The van der Waals surface area contributed by atoms with E-state index in [9.17, 15) is 18.0 Å². The first-order chi connectivity index (χ1) is 7.73. The number of nitrogens with zero attached hydrogens (tertiary/aromatic N) is 1. The van der Waals surface area contributed by atoms with Crippen LogP contribution < -0.4 is 0 Å². The zero-order chi connectivity index (χ0) is 13.2. The average Bonchev–Trinajstić information content (AvgIpc) is 2.56. The van der Waals surface area contributed by atoms with Gasteiger partial charge in [-0.05, 0) is 12.3 Å². The standard InChI is InChI=1S/C10H13F3N2O2/c1-5(2)8-6(3-4-7(16)17)9(15-14-8)10(11,12)13/h5H,3-4H2,1-2H3,(H,14,15)(H,16,17). The summed E-state index contributed by atoms with van der Waals surface area (Å²) in [7, 11) is 0. The van der Waals surface area contributed by atoms with Gasteiger partial charge in [0.15, 0.2) is 5.69 Å². The average molecular weight is 250 g/mol. The Morgan fingerprint density at radius 1 is 1.47 bits per heavy atom. The molecule has 0 aromatic carbocycles. The Bertz CT molecular complexity index is 410. The van der Waals surface area contributed by atoms with Crippen molar-refractivity contribution < 1.29 is 23.1 Å². The van der Waals surface area contributed by atoms with Gasteiger partial charge < -0.3 is 5.11 Å². The number of halogens is 3. The minimum Gasteiger partial charge on any atom is -0.481 e. The molecule has 0 aliphatic carbocycles. The van der Waals surface area contributed by atoms with Gasteiger partial charge in [0.1, 0.15) is 0 Å². The van der Waals surface area contributed by atoms with E-state index in [1.54, 1.807) is 13.8 Å². The molecule has 1 rings (SSSR count). The monoisotopic (exact) mass is 250 g/mol. The Labute approximate surface area is 95.8 Å². The van der Waals surface area contributed by atoms with E-state index in [-0.39, 0.29) is 24.3 Å². The van der Waals surface area contributed by atoms with Crippen LogP contribution in [0, 0.1) is 0 Å². The van der Waals surface area contributed by atoms with Gasteiger partial charge in [-0.1, -0.05) is 13.8 Å². The Hall–Kier alpha value is -1.53. The summed E-state index contributed by atoms with van der Waals surface area (Å²) >= 11 is 0. The molecule has 17 heavy (non-hydrogen) atoms. The molecule has 0 saturated heterocycles. The molecule has 1 aromatic rings. The highest BCUT2D eigenvalue weighted by molar-refractivity contribution is 5.67. The summed E-state index contributed by atoms with van der Waals surface area (Å²) in [5.74, 6) is -1.29. The highest BCUT2D eigenvalue weighted by atomic mass is 19.4. The predicted molar refractivity (Wildman–Crippen MR) is 53.6 cm³/mol. The SMILES string of the molecule is CC(C)c1[nH]nc(C(F)(F)F)c1CCC(=O)O. The predicted octanol–water partition coefficient (Wildman–Crippen LogP) is 2.57. The maximum absolute atomic E-state index is 12.6. The number of H-pyrrole nitrogens is 1. The summed E-state index contributed by atoms with van der Waals surface area (Å²) in [5, 5.41) is 14.1. The minimum atomic E-state index is -4.56. The van der Waals surface area contributed by atoms with Crippen LogP contribution in [0.1, 0.15) is 43.1 Å². The van der Waals surface area contributed by atoms with E-state index in [4.69, 9.17) is 5.11 Å². The van der Waals surface area contributed by atoms with Gasteiger partial charge in [-0.3, -0.25) is 9.89 Å². The Morgan fingerprint density at radius 3 is 2.47 bits per heavy atom. The molecule has 0 aliphatic heterocycles. The van der Waals surface area contributed by atoms with Crippen LogP contribution in [-0.2, 0) is 17.4 Å². The van der Waals surface area contributed by atoms with E-state index >= 15 is 0 Å². The van der Waals surface area contributed by atoms with Crippen molar-refractivity contribution in [3.63, 3.8) is 0 Å². The van der Waals surface area contributed by atoms with Gasteiger partial charge in [0, 0.05) is 17.7 Å². The summed E-state index contributed by atoms with van der Waals surface area (Å²) in [4.78, 5) is 10.4. The van der Waals surface area contributed by atoms with Crippen LogP contribution in [0.25, 0.3) is 0 Å². The quantitative estimate of drug-likeness (QED) is 0.863. The summed E-state index contributed by atoms with van der Waals surface area (Å²) in [6.45, 7) is 3.44. The van der Waals surface area contributed by atoms with Gasteiger partial charge in [-0.25, -0.2) is 0 Å². The van der Waals surface area contributed by atoms with Crippen molar-refractivity contribution in [1.29, 1.82) is 0 Å². The number of carboxylic acid groups (broad SMARTS) is 1. The number of nitrogens with one attached hydrogen (secondary N) is 1. The first-order valence-corrected chi connectivity index (χ1v) is 5.09. The van der Waals surface area contributed by atoms with E-state index < -0.39 is 17.8 Å². The Morgan fingerprint density at radius 2 is 2.06 bits per heavy atom. The van der Waals surface area contributed by atoms with Crippen molar-refractivity contribution in [2.75, 3.05) is 0 Å². The third kappa shape index (κ3) is 3.21. The molecule has 0 atom stereocenters. The molecule has 1 aromatic heterocycles. The van der Waals surface area contributed by atoms with Crippen LogP contribution in [0.2, 0.25) is 0 Å². The summed E-state index contributed by atoms with van der Waals surface area (Å²) < 4.78 is 37.9. The molecule has 0 saturated carbocycles. The highest BCUT2D eigenvalue weighted by Crippen LogP contribution is 2.34. The second-order valence-electron chi connectivity index (χ2n) is 4.01. The topological polar surface area (TPSA) is 66.0 Å². The van der Waals surface area contributed by atoms with Crippen molar-refractivity contribution >= 4 is 5.97 Å². The molecule has 1 heterocycles. The van der Waals surface area contributed by atoms with Crippen LogP contribution in [0.4, 0.5) is 13.2 Å². The Balaban J connectivity index is 3.11. The van der Waals surface area contributed by atoms with E-state index in [1.807, 2.05) is 0 Å². The van der Waals surface area contributed by atoms with Gasteiger partial charge >= 0.3 is 12.1 Å². The minimum absolute atomic E-state index is 0.0464. The van der Waals surface area contributed by atoms with E-state index in [0.29, 0.717) is 5.69 Å². The lowest BCUT2D eigenvalue weighted by Crippen LogP contribution is -2.11. The maximum Gasteiger partial charge on any atom is 0.435 e. The summed E-state index contributed by atoms with van der Waals surface area (Å²) in [5.41, 5.74) is -0.712. The molecule has 7 heteroatoms. The van der Waals surface area contributed by atoms with Crippen molar-refractivity contribution in [3.8, 4) is 0 Å². The number of aromatic amines is 1. The van der Waals surface area contributed by atoms with Crippen LogP contribution in [0.3, 0.4) is 0 Å². The molecule has 0 radical (unpaired) electrons. The lowest BCUT2D eigenvalue weighted by molar-refractivity contribution is -0.142. The number of hydrogen-bond acceptors (Lipinski definition) is 2. The fourth-order valence-electron chi connectivity index (χ4n) is 1.58. The molecule has 0 aliphatic rings. The van der Waals surface area contributed by atoms with Gasteiger partial charge in [-0.15, -0.1) is 0 Å². The zero-order valence-electron chi connectivity index (χ0n) is 9.43. The summed E-state index contributed by atoms with van der Waals surface area (Å²) in [6.07, 6.45) is -5.08. The molecule has 2 N–H and O–H groups in total. The fourth-order valence-corrected chi connectivity index (χ4v) is 1.58. The second-order valence-corrected chi connectivity index (χ2v) is 4.01. The number of hydrogen-bond donors (Lipinski definition) is 2. The first kappa shape index (κ1) is 13.5. The first-order valence-electron chi connectivity index (χ1n) is 5.09. The number of alkyl halides is 3. The van der Waals surface area contributed by atoms with Crippen molar-refractivity contribution in [2.24, 2.45) is 0 Å². The van der Waals surface area contributed by atoms with Crippen LogP contribution >= 0.6 is 0 Å². The smallest absolute Gasteiger partial charge is 0.435 e. The highest BCUT2D eigenvalue weighted by Gasteiger charge is 2.38. The van der Waals surface area contributed by atoms with Gasteiger partial charge in [0.05, 0.1) is 0 Å². The number of aliphatic carboxylic acids is 1. The van der Waals surface area contributed by atoms with Crippen LogP contribution in [-0.4, -0.2) is 21.3 Å². The molecule has 0 bridgehead atoms. The second kappa shape index (κ2) is 4.77.